The predicted molar refractivity (Wildman–Crippen MR) is 50.8 cm³/mol. The molecule has 0 radical (unpaired) electrons. The monoisotopic (exact) mass is 159 g/mol. The maximum atomic E-state index is 6.10. The van der Waals surface area contributed by atoms with Crippen LogP contribution in [0.1, 0.15) is 18.1 Å². The molecule has 1 heteroatoms. The van der Waals surface area contributed by atoms with Gasteiger partial charge in [0.25, 0.3) is 0 Å². The Morgan fingerprint density at radius 3 is 2.83 bits per heavy atom. The Bertz CT molecular complexity index is 324. The van der Waals surface area contributed by atoms with Gasteiger partial charge >= 0.3 is 0 Å². The van der Waals surface area contributed by atoms with E-state index in [0.29, 0.717) is 0 Å². The van der Waals surface area contributed by atoms with E-state index in [1.165, 1.54) is 11.1 Å². The van der Waals surface area contributed by atoms with Crippen LogP contribution in [0.5, 0.6) is 0 Å². The SMILES string of the molecule is CC1(N)C=CCc2ccccc21. The fourth-order valence-electron chi connectivity index (χ4n) is 1.74. The average Bonchev–Trinajstić information content (AvgIpc) is 2.04. The van der Waals surface area contributed by atoms with Gasteiger partial charge in [-0.2, -0.15) is 0 Å². The minimum atomic E-state index is -0.269. The molecular weight excluding hydrogens is 146 g/mol. The Hall–Kier alpha value is -1.08. The Morgan fingerprint density at radius 1 is 1.33 bits per heavy atom. The fourth-order valence-corrected chi connectivity index (χ4v) is 1.74. The number of hydrogen-bond acceptors (Lipinski definition) is 1. The zero-order valence-corrected chi connectivity index (χ0v) is 7.25. The van der Waals surface area contributed by atoms with Gasteiger partial charge in [-0.1, -0.05) is 36.4 Å². The van der Waals surface area contributed by atoms with Crippen molar-refractivity contribution in [3.8, 4) is 0 Å². The molecular formula is C11H13N. The van der Waals surface area contributed by atoms with E-state index < -0.39 is 0 Å². The standard InChI is InChI=1S/C11H13N/c1-11(12)8-4-6-9-5-2-3-7-10(9)11/h2-5,7-8H,6,12H2,1H3. The number of rotatable bonds is 0. The lowest BCUT2D eigenvalue weighted by Gasteiger charge is -2.27. The summed E-state index contributed by atoms with van der Waals surface area (Å²) in [5.74, 6) is 0. The minimum absolute atomic E-state index is 0.269. The van der Waals surface area contributed by atoms with Crippen molar-refractivity contribution in [2.24, 2.45) is 5.73 Å². The number of allylic oxidation sites excluding steroid dienone is 1. The van der Waals surface area contributed by atoms with E-state index in [2.05, 4.69) is 30.4 Å². The third-order valence-corrected chi connectivity index (χ3v) is 2.40. The quantitative estimate of drug-likeness (QED) is 0.575. The number of benzene rings is 1. The fraction of sp³-hybridized carbons (Fsp3) is 0.273. The van der Waals surface area contributed by atoms with Crippen LogP contribution in [0.4, 0.5) is 0 Å². The van der Waals surface area contributed by atoms with Gasteiger partial charge in [-0.15, -0.1) is 0 Å². The van der Waals surface area contributed by atoms with Crippen molar-refractivity contribution in [1.29, 1.82) is 0 Å². The third kappa shape index (κ3) is 1.07. The van der Waals surface area contributed by atoms with Crippen molar-refractivity contribution >= 4 is 0 Å². The Labute approximate surface area is 72.9 Å². The normalized spacial score (nSPS) is 26.8. The molecule has 0 heterocycles. The Kier molecular flexibility index (Phi) is 1.55. The molecule has 1 unspecified atom stereocenters. The molecule has 1 nitrogen and oxygen atoms in total. The first kappa shape index (κ1) is 7.56. The van der Waals surface area contributed by atoms with E-state index in [-0.39, 0.29) is 5.54 Å². The summed E-state index contributed by atoms with van der Waals surface area (Å²) in [4.78, 5) is 0. The maximum absolute atomic E-state index is 6.10. The molecule has 0 saturated heterocycles. The lowest BCUT2D eigenvalue weighted by molar-refractivity contribution is 0.611. The van der Waals surface area contributed by atoms with Crippen LogP contribution in [0.25, 0.3) is 0 Å². The summed E-state index contributed by atoms with van der Waals surface area (Å²) in [6.45, 7) is 2.04. The molecule has 1 aliphatic rings. The minimum Gasteiger partial charge on any atom is -0.318 e. The van der Waals surface area contributed by atoms with E-state index >= 15 is 0 Å². The van der Waals surface area contributed by atoms with E-state index in [0.717, 1.165) is 6.42 Å². The van der Waals surface area contributed by atoms with E-state index in [1.807, 2.05) is 13.0 Å². The Morgan fingerprint density at radius 2 is 2.08 bits per heavy atom. The molecule has 0 amide bonds. The molecule has 1 atom stereocenters. The molecule has 1 aromatic carbocycles. The molecule has 62 valence electrons. The van der Waals surface area contributed by atoms with Gasteiger partial charge in [0, 0.05) is 0 Å². The first-order valence-electron chi connectivity index (χ1n) is 4.25. The molecule has 0 spiro atoms. The molecule has 1 aromatic rings. The lowest BCUT2D eigenvalue weighted by atomic mass is 9.84. The van der Waals surface area contributed by atoms with Crippen LogP contribution in [-0.2, 0) is 12.0 Å². The number of fused-ring (bicyclic) bond motifs is 1. The van der Waals surface area contributed by atoms with Gasteiger partial charge in [0.05, 0.1) is 5.54 Å². The van der Waals surface area contributed by atoms with Crippen molar-refractivity contribution in [3.63, 3.8) is 0 Å². The molecule has 0 bridgehead atoms. The van der Waals surface area contributed by atoms with E-state index in [1.54, 1.807) is 0 Å². The van der Waals surface area contributed by atoms with Crippen LogP contribution < -0.4 is 5.73 Å². The van der Waals surface area contributed by atoms with Crippen molar-refractivity contribution in [3.05, 3.63) is 47.5 Å². The van der Waals surface area contributed by atoms with Gasteiger partial charge in [0.1, 0.15) is 0 Å². The molecule has 0 aliphatic heterocycles. The average molecular weight is 159 g/mol. The van der Waals surface area contributed by atoms with Crippen molar-refractivity contribution in [2.45, 2.75) is 18.9 Å². The molecule has 0 saturated carbocycles. The molecule has 2 N–H and O–H groups in total. The number of nitrogens with two attached hydrogens (primary N) is 1. The van der Waals surface area contributed by atoms with Crippen LogP contribution in [0, 0.1) is 0 Å². The molecule has 12 heavy (non-hydrogen) atoms. The van der Waals surface area contributed by atoms with Crippen LogP contribution in [0.15, 0.2) is 36.4 Å². The second-order valence-electron chi connectivity index (χ2n) is 3.55. The summed E-state index contributed by atoms with van der Waals surface area (Å²) in [5, 5.41) is 0. The van der Waals surface area contributed by atoms with Gasteiger partial charge in [0.15, 0.2) is 0 Å². The first-order chi connectivity index (χ1) is 5.70. The highest BCUT2D eigenvalue weighted by molar-refractivity contribution is 5.40. The summed E-state index contributed by atoms with van der Waals surface area (Å²) in [7, 11) is 0. The van der Waals surface area contributed by atoms with Gasteiger partial charge in [-0.3, -0.25) is 0 Å². The molecule has 0 fully saturated rings. The van der Waals surface area contributed by atoms with Gasteiger partial charge < -0.3 is 5.73 Å². The molecule has 2 rings (SSSR count). The van der Waals surface area contributed by atoms with Gasteiger partial charge in [0.2, 0.25) is 0 Å². The van der Waals surface area contributed by atoms with Crippen LogP contribution in [-0.4, -0.2) is 0 Å². The highest BCUT2D eigenvalue weighted by Crippen LogP contribution is 2.27. The summed E-state index contributed by atoms with van der Waals surface area (Å²) in [6.07, 6.45) is 5.24. The van der Waals surface area contributed by atoms with E-state index in [9.17, 15) is 0 Å². The van der Waals surface area contributed by atoms with Crippen LogP contribution in [0.3, 0.4) is 0 Å². The zero-order chi connectivity index (χ0) is 8.60. The summed E-state index contributed by atoms with van der Waals surface area (Å²) >= 11 is 0. The number of hydrogen-bond donors (Lipinski definition) is 1. The van der Waals surface area contributed by atoms with Crippen LogP contribution >= 0.6 is 0 Å². The highest BCUT2D eigenvalue weighted by atomic mass is 14.7. The van der Waals surface area contributed by atoms with Crippen molar-refractivity contribution in [1.82, 2.24) is 0 Å². The smallest absolute Gasteiger partial charge is 0.0569 e. The summed E-state index contributed by atoms with van der Waals surface area (Å²) < 4.78 is 0. The van der Waals surface area contributed by atoms with E-state index in [4.69, 9.17) is 5.73 Å². The second kappa shape index (κ2) is 2.46. The summed E-state index contributed by atoms with van der Waals surface area (Å²) in [6, 6.07) is 8.36. The largest absolute Gasteiger partial charge is 0.318 e. The second-order valence-corrected chi connectivity index (χ2v) is 3.55. The zero-order valence-electron chi connectivity index (χ0n) is 7.25. The Balaban J connectivity index is 2.58. The van der Waals surface area contributed by atoms with Gasteiger partial charge in [-0.25, -0.2) is 0 Å². The predicted octanol–water partition coefficient (Wildman–Crippen LogP) is 1.97. The maximum Gasteiger partial charge on any atom is 0.0569 e. The third-order valence-electron chi connectivity index (χ3n) is 2.40. The van der Waals surface area contributed by atoms with Crippen molar-refractivity contribution < 1.29 is 0 Å². The van der Waals surface area contributed by atoms with Crippen LogP contribution in [0.2, 0.25) is 0 Å². The van der Waals surface area contributed by atoms with Gasteiger partial charge in [-0.05, 0) is 24.5 Å². The summed E-state index contributed by atoms with van der Waals surface area (Å²) in [5.41, 5.74) is 8.44. The first-order valence-corrected chi connectivity index (χ1v) is 4.25. The molecule has 1 aliphatic carbocycles. The highest BCUT2D eigenvalue weighted by Gasteiger charge is 2.22. The molecule has 0 aromatic heterocycles. The van der Waals surface area contributed by atoms with Crippen molar-refractivity contribution in [2.75, 3.05) is 0 Å². The lowest BCUT2D eigenvalue weighted by Crippen LogP contribution is -2.33. The topological polar surface area (TPSA) is 26.0 Å².